The standard InChI is InChI=1S/C20H18FN3O3/c1-13-6-2-3-7-14(13)17(12-19(25)26)22-20(27)16-10-11-24(23-16)18-9-5-4-8-15(18)21/h2-11,17H,12H2,1H3,(H,22,27)(H,25,26)/t17-/m0/s1. The molecule has 1 aromatic heterocycles. The van der Waals surface area contributed by atoms with Gasteiger partial charge in [0.2, 0.25) is 0 Å². The first-order valence-corrected chi connectivity index (χ1v) is 8.34. The van der Waals surface area contributed by atoms with Crippen LogP contribution in [0.1, 0.15) is 34.1 Å². The molecule has 7 heteroatoms. The highest BCUT2D eigenvalue weighted by Gasteiger charge is 2.21. The van der Waals surface area contributed by atoms with E-state index in [1.807, 2.05) is 19.1 Å². The second-order valence-electron chi connectivity index (χ2n) is 6.08. The van der Waals surface area contributed by atoms with Gasteiger partial charge in [-0.2, -0.15) is 5.10 Å². The Hall–Kier alpha value is -3.48. The van der Waals surface area contributed by atoms with Crippen molar-refractivity contribution in [3.05, 3.63) is 83.4 Å². The van der Waals surface area contributed by atoms with Gasteiger partial charge in [-0.05, 0) is 36.2 Å². The quantitative estimate of drug-likeness (QED) is 0.700. The number of benzene rings is 2. The molecule has 3 aromatic rings. The maximum atomic E-state index is 13.9. The van der Waals surface area contributed by atoms with E-state index in [2.05, 4.69) is 10.4 Å². The lowest BCUT2D eigenvalue weighted by molar-refractivity contribution is -0.137. The number of aryl methyl sites for hydroxylation is 1. The lowest BCUT2D eigenvalue weighted by atomic mass is 9.98. The fourth-order valence-electron chi connectivity index (χ4n) is 2.84. The zero-order valence-electron chi connectivity index (χ0n) is 14.6. The van der Waals surface area contributed by atoms with E-state index in [9.17, 15) is 19.1 Å². The molecule has 0 aliphatic rings. The van der Waals surface area contributed by atoms with Gasteiger partial charge in [0, 0.05) is 6.20 Å². The molecule has 0 aliphatic carbocycles. The van der Waals surface area contributed by atoms with Crippen LogP contribution in [0.2, 0.25) is 0 Å². The summed E-state index contributed by atoms with van der Waals surface area (Å²) >= 11 is 0. The van der Waals surface area contributed by atoms with Crippen LogP contribution in [-0.4, -0.2) is 26.8 Å². The monoisotopic (exact) mass is 367 g/mol. The molecule has 0 saturated heterocycles. The summed E-state index contributed by atoms with van der Waals surface area (Å²) in [6.07, 6.45) is 1.22. The normalized spacial score (nSPS) is 11.8. The Balaban J connectivity index is 1.83. The first kappa shape index (κ1) is 18.3. The number of nitrogens with zero attached hydrogens (tertiary/aromatic N) is 2. The van der Waals surface area contributed by atoms with Crippen LogP contribution in [0.5, 0.6) is 0 Å². The second-order valence-corrected chi connectivity index (χ2v) is 6.08. The van der Waals surface area contributed by atoms with Crippen LogP contribution in [0.15, 0.2) is 60.8 Å². The Morgan fingerprint density at radius 1 is 1.15 bits per heavy atom. The second kappa shape index (κ2) is 7.82. The SMILES string of the molecule is Cc1ccccc1[C@H](CC(=O)O)NC(=O)c1ccn(-c2ccccc2F)n1. The van der Waals surface area contributed by atoms with Crippen molar-refractivity contribution in [3.8, 4) is 5.69 Å². The van der Waals surface area contributed by atoms with E-state index in [0.717, 1.165) is 11.1 Å². The van der Waals surface area contributed by atoms with Crippen molar-refractivity contribution >= 4 is 11.9 Å². The molecule has 0 spiro atoms. The van der Waals surface area contributed by atoms with E-state index in [1.165, 1.54) is 23.0 Å². The number of amides is 1. The third-order valence-corrected chi connectivity index (χ3v) is 4.17. The summed E-state index contributed by atoms with van der Waals surface area (Å²) in [6.45, 7) is 1.85. The molecular weight excluding hydrogens is 349 g/mol. The van der Waals surface area contributed by atoms with E-state index in [-0.39, 0.29) is 17.8 Å². The average molecular weight is 367 g/mol. The molecule has 0 unspecified atom stereocenters. The van der Waals surface area contributed by atoms with Crippen LogP contribution in [-0.2, 0) is 4.79 Å². The molecule has 6 nitrogen and oxygen atoms in total. The highest BCUT2D eigenvalue weighted by molar-refractivity contribution is 5.92. The number of carbonyl (C=O) groups is 2. The van der Waals surface area contributed by atoms with Crippen LogP contribution >= 0.6 is 0 Å². The Kier molecular flexibility index (Phi) is 5.30. The van der Waals surface area contributed by atoms with Crippen molar-refractivity contribution in [2.24, 2.45) is 0 Å². The van der Waals surface area contributed by atoms with Gasteiger partial charge in [-0.25, -0.2) is 9.07 Å². The van der Waals surface area contributed by atoms with Gasteiger partial charge in [-0.1, -0.05) is 36.4 Å². The molecule has 0 aliphatic heterocycles. The molecule has 0 bridgehead atoms. The summed E-state index contributed by atoms with van der Waals surface area (Å²) in [5.41, 5.74) is 1.89. The number of aromatic nitrogens is 2. The number of carbonyl (C=O) groups excluding carboxylic acids is 1. The topological polar surface area (TPSA) is 84.2 Å². The highest BCUT2D eigenvalue weighted by Crippen LogP contribution is 2.21. The van der Waals surface area contributed by atoms with Crippen LogP contribution in [0.25, 0.3) is 5.69 Å². The largest absolute Gasteiger partial charge is 0.481 e. The maximum absolute atomic E-state index is 13.9. The molecule has 0 saturated carbocycles. The minimum absolute atomic E-state index is 0.0715. The minimum Gasteiger partial charge on any atom is -0.481 e. The lowest BCUT2D eigenvalue weighted by Gasteiger charge is -2.18. The van der Waals surface area contributed by atoms with E-state index >= 15 is 0 Å². The number of carboxylic acids is 1. The minimum atomic E-state index is -1.03. The third-order valence-electron chi connectivity index (χ3n) is 4.17. The maximum Gasteiger partial charge on any atom is 0.305 e. The van der Waals surface area contributed by atoms with Crippen LogP contribution < -0.4 is 5.32 Å². The van der Waals surface area contributed by atoms with Crippen molar-refractivity contribution in [2.75, 3.05) is 0 Å². The molecule has 2 N–H and O–H groups in total. The first-order chi connectivity index (χ1) is 13.0. The van der Waals surface area contributed by atoms with Crippen LogP contribution in [0, 0.1) is 12.7 Å². The van der Waals surface area contributed by atoms with Gasteiger partial charge >= 0.3 is 5.97 Å². The van der Waals surface area contributed by atoms with E-state index in [4.69, 9.17) is 0 Å². The van der Waals surface area contributed by atoms with Crippen molar-refractivity contribution in [2.45, 2.75) is 19.4 Å². The Labute approximate surface area is 155 Å². The zero-order valence-corrected chi connectivity index (χ0v) is 14.6. The predicted octanol–water partition coefficient (Wildman–Crippen LogP) is 3.27. The number of halogens is 1. The first-order valence-electron chi connectivity index (χ1n) is 8.34. The Morgan fingerprint density at radius 2 is 1.85 bits per heavy atom. The number of carboxylic acid groups (broad SMARTS) is 1. The van der Waals surface area contributed by atoms with Crippen LogP contribution in [0.4, 0.5) is 4.39 Å². The molecule has 0 fully saturated rings. The fourth-order valence-corrected chi connectivity index (χ4v) is 2.84. The molecule has 2 aromatic carbocycles. The lowest BCUT2D eigenvalue weighted by Crippen LogP contribution is -2.31. The molecule has 0 radical (unpaired) electrons. The summed E-state index contributed by atoms with van der Waals surface area (Å²) in [7, 11) is 0. The third kappa shape index (κ3) is 4.20. The fraction of sp³-hybridized carbons (Fsp3) is 0.150. The number of nitrogens with one attached hydrogen (secondary N) is 1. The number of aliphatic carboxylic acids is 1. The summed E-state index contributed by atoms with van der Waals surface area (Å²) in [6, 6.07) is 14.1. The summed E-state index contributed by atoms with van der Waals surface area (Å²) < 4.78 is 15.1. The van der Waals surface area contributed by atoms with E-state index < -0.39 is 23.7 Å². The number of hydrogen-bond acceptors (Lipinski definition) is 3. The molecule has 3 rings (SSSR count). The van der Waals surface area contributed by atoms with Crippen LogP contribution in [0.3, 0.4) is 0 Å². The summed E-state index contributed by atoms with van der Waals surface area (Å²) in [5.74, 6) is -2.02. The molecule has 138 valence electrons. The van der Waals surface area contributed by atoms with Gasteiger partial charge in [0.05, 0.1) is 12.5 Å². The van der Waals surface area contributed by atoms with Gasteiger partial charge in [-0.15, -0.1) is 0 Å². The Bertz CT molecular complexity index is 984. The average Bonchev–Trinajstić information content (AvgIpc) is 3.11. The Morgan fingerprint density at radius 3 is 2.56 bits per heavy atom. The molecular formula is C20H18FN3O3. The highest BCUT2D eigenvalue weighted by atomic mass is 19.1. The van der Waals surface area contributed by atoms with E-state index in [1.54, 1.807) is 30.3 Å². The van der Waals surface area contributed by atoms with Crippen molar-refractivity contribution < 1.29 is 19.1 Å². The van der Waals surface area contributed by atoms with Gasteiger partial charge in [0.15, 0.2) is 5.69 Å². The number of hydrogen-bond donors (Lipinski definition) is 2. The molecule has 27 heavy (non-hydrogen) atoms. The zero-order chi connectivity index (χ0) is 19.4. The molecule has 1 atom stereocenters. The summed E-state index contributed by atoms with van der Waals surface area (Å²) in [4.78, 5) is 23.8. The van der Waals surface area contributed by atoms with E-state index in [0.29, 0.717) is 0 Å². The molecule has 1 amide bonds. The van der Waals surface area contributed by atoms with Crippen molar-refractivity contribution in [3.63, 3.8) is 0 Å². The smallest absolute Gasteiger partial charge is 0.305 e. The number of rotatable bonds is 6. The predicted molar refractivity (Wildman–Crippen MR) is 97.2 cm³/mol. The summed E-state index contributed by atoms with van der Waals surface area (Å²) in [5, 5.41) is 16.0. The van der Waals surface area contributed by atoms with Gasteiger partial charge in [0.1, 0.15) is 11.5 Å². The van der Waals surface area contributed by atoms with Gasteiger partial charge < -0.3 is 10.4 Å². The van der Waals surface area contributed by atoms with Crippen molar-refractivity contribution in [1.82, 2.24) is 15.1 Å². The van der Waals surface area contributed by atoms with Crippen molar-refractivity contribution in [1.29, 1.82) is 0 Å². The molecule has 1 heterocycles. The number of para-hydroxylation sites is 1. The van der Waals surface area contributed by atoms with Gasteiger partial charge in [0.25, 0.3) is 5.91 Å². The van der Waals surface area contributed by atoms with Gasteiger partial charge in [-0.3, -0.25) is 9.59 Å².